The maximum atomic E-state index is 12.9. The first-order valence-corrected chi connectivity index (χ1v) is 10.8. The molecule has 2 aromatic heterocycles. The molecule has 0 aliphatic carbocycles. The zero-order chi connectivity index (χ0) is 24.4. The second kappa shape index (κ2) is 9.57. The van der Waals surface area contributed by atoms with Crippen LogP contribution in [0.1, 0.15) is 11.4 Å². The number of ether oxygens (including phenoxy) is 2. The van der Waals surface area contributed by atoms with Crippen LogP contribution in [0.3, 0.4) is 0 Å². The average molecular weight is 545 g/mol. The van der Waals surface area contributed by atoms with Crippen LogP contribution in [0.5, 0.6) is 17.4 Å². The molecule has 4 rings (SSSR count). The number of pyridine rings is 1. The molecule has 10 nitrogen and oxygen atoms in total. The molecule has 0 saturated heterocycles. The van der Waals surface area contributed by atoms with Crippen LogP contribution in [0, 0.1) is 17.0 Å². The third kappa shape index (κ3) is 4.75. The van der Waals surface area contributed by atoms with Crippen molar-refractivity contribution < 1.29 is 14.4 Å². The van der Waals surface area contributed by atoms with Crippen molar-refractivity contribution in [3.8, 4) is 17.4 Å². The van der Waals surface area contributed by atoms with Gasteiger partial charge in [-0.15, -0.1) is 0 Å². The molecule has 0 fully saturated rings. The average Bonchev–Trinajstić information content (AvgIpc) is 2.81. The summed E-state index contributed by atoms with van der Waals surface area (Å²) in [5, 5.41) is 15.7. The predicted octanol–water partition coefficient (Wildman–Crippen LogP) is 5.11. The molecule has 4 aromatic rings. The van der Waals surface area contributed by atoms with Crippen LogP contribution in [0.25, 0.3) is 10.9 Å². The topological polar surface area (TPSA) is 122 Å². The highest BCUT2D eigenvalue weighted by Crippen LogP contribution is 2.38. The van der Waals surface area contributed by atoms with Crippen molar-refractivity contribution in [1.82, 2.24) is 14.6 Å². The number of halogens is 2. The molecule has 0 bridgehead atoms. The molecule has 0 unspecified atom stereocenters. The molecule has 0 radical (unpaired) electrons. The van der Waals surface area contributed by atoms with Gasteiger partial charge in [-0.25, -0.2) is 9.97 Å². The molecule has 172 valence electrons. The summed E-state index contributed by atoms with van der Waals surface area (Å²) in [6.07, 6.45) is 2.52. The van der Waals surface area contributed by atoms with Gasteiger partial charge in [0, 0.05) is 16.6 Å². The van der Waals surface area contributed by atoms with Crippen molar-refractivity contribution in [2.75, 3.05) is 7.11 Å². The first-order chi connectivity index (χ1) is 16.3. The molecule has 0 saturated carbocycles. The Morgan fingerprint density at radius 2 is 2.03 bits per heavy atom. The van der Waals surface area contributed by atoms with Gasteiger partial charge in [-0.1, -0.05) is 27.5 Å². The van der Waals surface area contributed by atoms with Crippen LogP contribution in [-0.4, -0.2) is 32.9 Å². The summed E-state index contributed by atoms with van der Waals surface area (Å²) in [7, 11) is 1.43. The quantitative estimate of drug-likeness (QED) is 0.188. The zero-order valence-corrected chi connectivity index (χ0v) is 20.1. The van der Waals surface area contributed by atoms with E-state index in [0.29, 0.717) is 22.3 Å². The van der Waals surface area contributed by atoms with E-state index in [1.54, 1.807) is 31.2 Å². The van der Waals surface area contributed by atoms with E-state index in [4.69, 9.17) is 21.1 Å². The van der Waals surface area contributed by atoms with Crippen LogP contribution in [-0.2, 0) is 0 Å². The van der Waals surface area contributed by atoms with Crippen molar-refractivity contribution in [1.29, 1.82) is 0 Å². The highest BCUT2D eigenvalue weighted by molar-refractivity contribution is 9.10. The summed E-state index contributed by atoms with van der Waals surface area (Å²) in [4.78, 5) is 31.5. The van der Waals surface area contributed by atoms with Gasteiger partial charge in [0.15, 0.2) is 11.5 Å². The molecule has 34 heavy (non-hydrogen) atoms. The maximum absolute atomic E-state index is 12.9. The van der Waals surface area contributed by atoms with Gasteiger partial charge in [-0.3, -0.25) is 14.9 Å². The Bertz CT molecular complexity index is 1500. The minimum absolute atomic E-state index is 0.0998. The molecule has 0 spiro atoms. The summed E-state index contributed by atoms with van der Waals surface area (Å²) < 4.78 is 13.0. The molecule has 0 aliphatic rings. The smallest absolute Gasteiger partial charge is 0.287 e. The van der Waals surface area contributed by atoms with E-state index in [1.165, 1.54) is 30.1 Å². The van der Waals surface area contributed by atoms with E-state index in [0.717, 1.165) is 10.7 Å². The van der Waals surface area contributed by atoms with E-state index in [1.807, 2.05) is 6.07 Å². The lowest BCUT2D eigenvalue weighted by molar-refractivity contribution is -0.385. The van der Waals surface area contributed by atoms with E-state index >= 15 is 0 Å². The molecule has 2 aromatic carbocycles. The largest absolute Gasteiger partial charge is 0.493 e. The molecule has 0 amide bonds. The summed E-state index contributed by atoms with van der Waals surface area (Å²) in [5.74, 6) is 0.966. The van der Waals surface area contributed by atoms with Crippen molar-refractivity contribution in [2.24, 2.45) is 5.10 Å². The van der Waals surface area contributed by atoms with Gasteiger partial charge in [0.25, 0.3) is 11.2 Å². The summed E-state index contributed by atoms with van der Waals surface area (Å²) in [6.45, 7) is 1.68. The van der Waals surface area contributed by atoms with Gasteiger partial charge in [-0.05, 0) is 42.8 Å². The third-order valence-electron chi connectivity index (χ3n) is 4.68. The number of benzene rings is 2. The number of hydrogen-bond acceptors (Lipinski definition) is 8. The zero-order valence-electron chi connectivity index (χ0n) is 17.7. The van der Waals surface area contributed by atoms with E-state index in [2.05, 4.69) is 31.0 Å². The lowest BCUT2D eigenvalue weighted by atomic mass is 10.2. The van der Waals surface area contributed by atoms with Gasteiger partial charge >= 0.3 is 0 Å². The molecule has 0 N–H and O–H groups in total. The fourth-order valence-electron chi connectivity index (χ4n) is 3.08. The van der Waals surface area contributed by atoms with Crippen molar-refractivity contribution in [3.05, 3.63) is 90.0 Å². The fraction of sp³-hybridized carbons (Fsp3) is 0.0909. The number of aromatic nitrogens is 3. The second-order valence-corrected chi connectivity index (χ2v) is 8.25. The van der Waals surface area contributed by atoms with Crippen molar-refractivity contribution in [2.45, 2.75) is 6.92 Å². The summed E-state index contributed by atoms with van der Waals surface area (Å²) in [6, 6.07) is 11.1. The Hall–Kier alpha value is -3.83. The normalized spacial score (nSPS) is 11.2. The number of nitro groups is 1. The highest BCUT2D eigenvalue weighted by atomic mass is 79.9. The van der Waals surface area contributed by atoms with Gasteiger partial charge in [0.2, 0.25) is 5.88 Å². The SMILES string of the molecule is COc1cc(C=Nn2c(C)nc3ccc(Br)cc3c2=O)cc(Cl)c1Oc1ccc([N+](=O)[O-])cn1. The van der Waals surface area contributed by atoms with Gasteiger partial charge in [-0.2, -0.15) is 9.78 Å². The minimum atomic E-state index is -0.560. The standard InChI is InChI=1S/C22H15BrClN5O5/c1-12-27-18-5-3-14(23)9-16(18)22(30)28(12)26-10-13-7-17(24)21(19(8-13)33-2)34-20-6-4-15(11-25-20)29(31)32/h3-11H,1-2H3. The third-order valence-corrected chi connectivity index (χ3v) is 5.46. The molecule has 0 aliphatic heterocycles. The molecular weight excluding hydrogens is 530 g/mol. The van der Waals surface area contributed by atoms with Crippen LogP contribution in [0.4, 0.5) is 5.69 Å². The lowest BCUT2D eigenvalue weighted by Crippen LogP contribution is -2.20. The number of hydrogen-bond donors (Lipinski definition) is 0. The van der Waals surface area contributed by atoms with E-state index in [9.17, 15) is 14.9 Å². The van der Waals surface area contributed by atoms with Crippen molar-refractivity contribution >= 4 is 50.3 Å². The molecule has 0 atom stereocenters. The van der Waals surface area contributed by atoms with Crippen LogP contribution in [0.15, 0.2) is 63.0 Å². The number of rotatable bonds is 6. The van der Waals surface area contributed by atoms with Crippen molar-refractivity contribution in [3.63, 3.8) is 0 Å². The Kier molecular flexibility index (Phi) is 6.57. The number of aryl methyl sites for hydroxylation is 1. The van der Waals surface area contributed by atoms with Crippen LogP contribution >= 0.6 is 27.5 Å². The van der Waals surface area contributed by atoms with Gasteiger partial charge < -0.3 is 9.47 Å². The fourth-order valence-corrected chi connectivity index (χ4v) is 3.70. The van der Waals surface area contributed by atoms with E-state index in [-0.39, 0.29) is 33.6 Å². The minimum Gasteiger partial charge on any atom is -0.493 e. The Balaban J connectivity index is 1.67. The maximum Gasteiger partial charge on any atom is 0.287 e. The predicted molar refractivity (Wildman–Crippen MR) is 130 cm³/mol. The number of methoxy groups -OCH3 is 1. The summed E-state index contributed by atoms with van der Waals surface area (Å²) in [5.41, 5.74) is 0.620. The first-order valence-electron chi connectivity index (χ1n) is 9.66. The van der Waals surface area contributed by atoms with Crippen LogP contribution in [0.2, 0.25) is 5.02 Å². The monoisotopic (exact) mass is 543 g/mol. The van der Waals surface area contributed by atoms with E-state index < -0.39 is 4.92 Å². The lowest BCUT2D eigenvalue weighted by Gasteiger charge is -2.12. The molecular formula is C22H15BrClN5O5. The van der Waals surface area contributed by atoms with Gasteiger partial charge in [0.05, 0.1) is 34.2 Å². The van der Waals surface area contributed by atoms with Gasteiger partial charge in [0.1, 0.15) is 12.0 Å². The molecule has 2 heterocycles. The Morgan fingerprint density at radius 3 is 2.71 bits per heavy atom. The first kappa shape index (κ1) is 23.3. The Labute approximate surface area is 205 Å². The molecule has 12 heteroatoms. The Morgan fingerprint density at radius 1 is 1.24 bits per heavy atom. The summed E-state index contributed by atoms with van der Waals surface area (Å²) >= 11 is 9.76. The highest BCUT2D eigenvalue weighted by Gasteiger charge is 2.15. The second-order valence-electron chi connectivity index (χ2n) is 6.93. The number of fused-ring (bicyclic) bond motifs is 1. The number of nitrogens with zero attached hydrogens (tertiary/aromatic N) is 5. The van der Waals surface area contributed by atoms with Crippen LogP contribution < -0.4 is 15.0 Å².